The highest BCUT2D eigenvalue weighted by Crippen LogP contribution is 2.30. The number of hydrogen-bond acceptors (Lipinski definition) is 9. The number of hydrogen-bond donors (Lipinski definition) is 0. The predicted molar refractivity (Wildman–Crippen MR) is 262 cm³/mol. The van der Waals surface area contributed by atoms with Crippen molar-refractivity contribution in [3.63, 3.8) is 0 Å². The van der Waals surface area contributed by atoms with Crippen LogP contribution in [0, 0.1) is 0 Å². The Morgan fingerprint density at radius 3 is 0.882 bits per heavy atom. The topological polar surface area (TPSA) is 83.1 Å². The van der Waals surface area contributed by atoms with Crippen LogP contribution in [0.4, 0.5) is 0 Å². The molecule has 0 atom stereocenters. The molecule has 0 saturated carbocycles. The van der Waals surface area contributed by atoms with Gasteiger partial charge in [0.15, 0.2) is 58.2 Å². The first kappa shape index (κ1) is 65.1. The molecule has 0 aromatic rings. The van der Waals surface area contributed by atoms with Crippen molar-refractivity contribution in [2.45, 2.75) is 193 Å². The Kier molecular flexibility index (Phi) is 30.9. The first-order chi connectivity index (χ1) is 20.3. The zero-order valence-corrected chi connectivity index (χ0v) is 48.3. The van der Waals surface area contributed by atoms with Gasteiger partial charge in [-0.05, 0) is 150 Å². The third kappa shape index (κ3) is 37.6. The van der Waals surface area contributed by atoms with Gasteiger partial charge >= 0.3 is 26.4 Å². The normalized spacial score (nSPS) is 14.4. The third-order valence-electron chi connectivity index (χ3n) is 5.03. The minimum Gasteiger partial charge on any atom is -0.442 e. The van der Waals surface area contributed by atoms with Gasteiger partial charge in [0, 0.05) is 9.52 Å². The van der Waals surface area contributed by atoms with Crippen molar-refractivity contribution >= 4 is 104 Å². The van der Waals surface area contributed by atoms with E-state index in [1.54, 1.807) is 0 Å². The van der Waals surface area contributed by atoms with Crippen LogP contribution in [0.5, 0.6) is 0 Å². The fraction of sp³-hybridized carbons (Fsp3) is 1.00. The molecule has 51 heavy (non-hydrogen) atoms. The molecular formula is C30H96O9Si12. The zero-order chi connectivity index (χ0) is 38.2. The first-order valence-corrected chi connectivity index (χ1v) is 51.8. The molecule has 0 radical (unpaired) electrons. The molecule has 0 unspecified atom stereocenters. The van der Waals surface area contributed by atoms with Crippen molar-refractivity contribution in [2.24, 2.45) is 0 Å². The van der Waals surface area contributed by atoms with E-state index in [9.17, 15) is 0 Å². The van der Waals surface area contributed by atoms with Gasteiger partial charge in [0.1, 0.15) is 16.0 Å². The van der Waals surface area contributed by atoms with Crippen LogP contribution < -0.4 is 0 Å². The average Bonchev–Trinajstić information content (AvgIpc) is 2.63. The maximum atomic E-state index is 6.66. The van der Waals surface area contributed by atoms with Crippen LogP contribution in [0.25, 0.3) is 0 Å². The van der Waals surface area contributed by atoms with E-state index in [-0.39, 0.29) is 39.2 Å². The molecule has 0 aliphatic heterocycles. The molecule has 0 spiro atoms. The molecular weight excluding hydrogens is 841 g/mol. The molecule has 0 aromatic carbocycles. The molecule has 0 N–H and O–H groups in total. The van der Waals surface area contributed by atoms with Crippen LogP contribution in [-0.4, -0.2) is 110 Å². The fourth-order valence-corrected chi connectivity index (χ4v) is 43.8. The molecule has 0 aliphatic carbocycles. The Hall–Kier alpha value is 2.24. The Bertz CT molecular complexity index is 824. The van der Waals surface area contributed by atoms with Gasteiger partial charge in [-0.25, -0.2) is 0 Å². The van der Waals surface area contributed by atoms with Crippen molar-refractivity contribution < 1.29 is 37.3 Å². The summed E-state index contributed by atoms with van der Waals surface area (Å²) in [6.07, 6.45) is 0.541. The van der Waals surface area contributed by atoms with Gasteiger partial charge in [-0.15, -0.1) is 0 Å². The highest BCUT2D eigenvalue weighted by atomic mass is 28.5. The molecule has 21 heteroatoms. The SMILES string of the molecule is C.C.C.C.C[SiH2]C[Si](C)(C)OC[Si](O[Si](C)(C)C)(O[Si](C)(C)C)O[Si](C)(C)C.C[SiH2]O[Si](C)(C)O[Si](O[Si](C)(C)C)(O[Si](C)(C)C)O[Si](C)(C)C. The quantitative estimate of drug-likeness (QED) is 0.105. The Labute approximate surface area is 337 Å². The standard InChI is InChI=1S/C14H42O4Si6.C12H38O5Si6.4CH4/c1-19-14-23(11,12)15-13-24(16-20(2,3)4,17-21(5,6)7)18-22(8,9)10;1-18-13-22(11,12)17-23(14-19(2,3)4,15-20(5,6)7)16-21(8,9)10;;;;/h13-14,19H2,1-12H3;18H2,1-12H3;4*1H4. The second kappa shape index (κ2) is 24.2. The maximum Gasteiger partial charge on any atom is 0.638 e. The van der Waals surface area contributed by atoms with E-state index in [0.29, 0.717) is 6.23 Å². The van der Waals surface area contributed by atoms with Crippen LogP contribution >= 0.6 is 0 Å². The van der Waals surface area contributed by atoms with E-state index in [1.807, 2.05) is 0 Å². The van der Waals surface area contributed by atoms with E-state index in [2.05, 4.69) is 157 Å². The Balaban J connectivity index is -0.000000184. The molecule has 0 amide bonds. The lowest BCUT2D eigenvalue weighted by atomic mass is 11.7. The Morgan fingerprint density at radius 1 is 0.392 bits per heavy atom. The summed E-state index contributed by atoms with van der Waals surface area (Å²) >= 11 is 0. The summed E-state index contributed by atoms with van der Waals surface area (Å²) in [5, 5.41) is 0. The summed E-state index contributed by atoms with van der Waals surface area (Å²) in [5.41, 5.74) is 1.30. The molecule has 318 valence electrons. The lowest BCUT2D eigenvalue weighted by Crippen LogP contribution is -2.66. The summed E-state index contributed by atoms with van der Waals surface area (Å²) in [6, 6.07) is 0. The smallest absolute Gasteiger partial charge is 0.442 e. The summed E-state index contributed by atoms with van der Waals surface area (Å²) in [4.78, 5) is 0. The van der Waals surface area contributed by atoms with Gasteiger partial charge in [0.05, 0.1) is 0 Å². The summed E-state index contributed by atoms with van der Waals surface area (Å²) < 4.78 is 58.6. The van der Waals surface area contributed by atoms with Crippen LogP contribution in [0.15, 0.2) is 0 Å². The fourth-order valence-electron chi connectivity index (χ4n) is 4.44. The molecule has 0 bridgehead atoms. The van der Waals surface area contributed by atoms with E-state index in [4.69, 9.17) is 37.3 Å². The second-order valence-electron chi connectivity index (χ2n) is 19.2. The van der Waals surface area contributed by atoms with Gasteiger partial charge in [-0.2, -0.15) is 0 Å². The van der Waals surface area contributed by atoms with Crippen molar-refractivity contribution in [1.82, 2.24) is 0 Å². The third-order valence-corrected chi connectivity index (χ3v) is 41.9. The van der Waals surface area contributed by atoms with Crippen LogP contribution in [0.1, 0.15) is 29.7 Å². The average molecular weight is 938 g/mol. The van der Waals surface area contributed by atoms with Crippen molar-refractivity contribution in [3.05, 3.63) is 0 Å². The Morgan fingerprint density at radius 2 is 0.667 bits per heavy atom. The van der Waals surface area contributed by atoms with E-state index in [0.717, 1.165) is 0 Å². The van der Waals surface area contributed by atoms with Gasteiger partial charge in [-0.3, -0.25) is 0 Å². The minimum atomic E-state index is -3.23. The monoisotopic (exact) mass is 936 g/mol. The van der Waals surface area contributed by atoms with Crippen LogP contribution in [0.3, 0.4) is 0 Å². The first-order valence-electron chi connectivity index (χ1n) is 17.5. The number of rotatable bonds is 21. The van der Waals surface area contributed by atoms with Crippen LogP contribution in [-0.2, 0) is 37.3 Å². The van der Waals surface area contributed by atoms with Crippen molar-refractivity contribution in [3.8, 4) is 0 Å². The largest absolute Gasteiger partial charge is 0.638 e. The minimum absolute atomic E-state index is 0. The zero-order valence-electron chi connectivity index (χ0n) is 35.5. The summed E-state index contributed by atoms with van der Waals surface area (Å²) in [7, 11) is -21.7. The molecule has 0 aliphatic rings. The molecule has 0 fully saturated rings. The predicted octanol–water partition coefficient (Wildman–Crippen LogP) is 10.8. The van der Waals surface area contributed by atoms with Gasteiger partial charge < -0.3 is 37.3 Å². The van der Waals surface area contributed by atoms with E-state index in [1.165, 1.54) is 5.67 Å². The second-order valence-corrected chi connectivity index (χ2v) is 64.3. The highest BCUT2D eigenvalue weighted by molar-refractivity contribution is 6.92. The van der Waals surface area contributed by atoms with Crippen LogP contribution in [0.2, 0.25) is 163 Å². The molecule has 0 aromatic heterocycles. The van der Waals surface area contributed by atoms with Crippen molar-refractivity contribution in [1.29, 1.82) is 0 Å². The van der Waals surface area contributed by atoms with E-state index >= 15 is 0 Å². The molecule has 0 rings (SSSR count). The molecule has 0 saturated heterocycles. The van der Waals surface area contributed by atoms with Crippen molar-refractivity contribution in [2.75, 3.05) is 6.23 Å². The summed E-state index contributed by atoms with van der Waals surface area (Å²) in [6.45, 7) is 52.6. The summed E-state index contributed by atoms with van der Waals surface area (Å²) in [5.74, 6) is 0. The lowest BCUT2D eigenvalue weighted by Gasteiger charge is -2.44. The van der Waals surface area contributed by atoms with E-state index < -0.39 is 94.4 Å². The molecule has 0 heterocycles. The maximum absolute atomic E-state index is 6.66. The molecule has 9 nitrogen and oxygen atoms in total. The van der Waals surface area contributed by atoms with Gasteiger partial charge in [0.25, 0.3) is 0 Å². The van der Waals surface area contributed by atoms with Gasteiger partial charge in [0.2, 0.25) is 0 Å². The lowest BCUT2D eigenvalue weighted by molar-refractivity contribution is 0.136. The van der Waals surface area contributed by atoms with Gasteiger partial charge in [-0.1, -0.05) is 42.8 Å². The highest BCUT2D eigenvalue weighted by Gasteiger charge is 2.57.